The van der Waals surface area contributed by atoms with E-state index in [1.165, 1.54) is 0 Å². The van der Waals surface area contributed by atoms with Crippen LogP contribution < -0.4 is 15.8 Å². The molecule has 0 saturated carbocycles. The second kappa shape index (κ2) is 7.74. The molecule has 0 bridgehead atoms. The van der Waals surface area contributed by atoms with Crippen molar-refractivity contribution in [3.63, 3.8) is 0 Å². The van der Waals surface area contributed by atoms with Crippen molar-refractivity contribution in [1.82, 2.24) is 9.80 Å². The first-order valence-corrected chi connectivity index (χ1v) is 8.89. The molecule has 0 spiro atoms. The number of piperidine rings is 1. The number of nitrogens with one attached hydrogen (secondary N) is 1. The minimum atomic E-state index is -0.190. The average molecular weight is 346 g/mol. The van der Waals surface area contributed by atoms with Crippen molar-refractivity contribution >= 4 is 17.6 Å². The predicted octanol–water partition coefficient (Wildman–Crippen LogP) is 1.50. The van der Waals surface area contributed by atoms with Crippen LogP contribution in [0.2, 0.25) is 0 Å². The van der Waals surface area contributed by atoms with Gasteiger partial charge in [0.25, 0.3) is 0 Å². The summed E-state index contributed by atoms with van der Waals surface area (Å²) < 4.78 is 5.39. The molecule has 1 aromatic carbocycles. The highest BCUT2D eigenvalue weighted by atomic mass is 16.5. The van der Waals surface area contributed by atoms with Gasteiger partial charge < -0.3 is 20.7 Å². The lowest BCUT2D eigenvalue weighted by Crippen LogP contribution is -2.63. The maximum absolute atomic E-state index is 12.3. The number of hydrogen-bond donors (Lipinski definition) is 2. The first kappa shape index (κ1) is 17.5. The topological polar surface area (TPSA) is 87.9 Å². The number of primary amides is 1. The number of ether oxygens (including phenoxy) is 1. The van der Waals surface area contributed by atoms with E-state index in [4.69, 9.17) is 10.5 Å². The summed E-state index contributed by atoms with van der Waals surface area (Å²) in [6.07, 6.45) is 1.65. The number of likely N-dealkylation sites (tertiary alicyclic amines) is 2. The van der Waals surface area contributed by atoms with E-state index in [1.54, 1.807) is 4.90 Å². The highest BCUT2D eigenvalue weighted by molar-refractivity contribution is 5.90. The van der Waals surface area contributed by atoms with Crippen LogP contribution in [0.3, 0.4) is 0 Å². The van der Waals surface area contributed by atoms with E-state index in [1.807, 2.05) is 31.2 Å². The fourth-order valence-electron chi connectivity index (χ4n) is 3.40. The highest BCUT2D eigenvalue weighted by Gasteiger charge is 2.37. The zero-order valence-corrected chi connectivity index (χ0v) is 14.6. The van der Waals surface area contributed by atoms with Gasteiger partial charge in [-0.3, -0.25) is 9.69 Å². The maximum atomic E-state index is 12.3. The van der Waals surface area contributed by atoms with E-state index in [0.717, 1.165) is 50.5 Å². The van der Waals surface area contributed by atoms with Crippen molar-refractivity contribution in [2.45, 2.75) is 25.8 Å². The number of urea groups is 1. The summed E-state index contributed by atoms with van der Waals surface area (Å²) in [4.78, 5) is 27.7. The van der Waals surface area contributed by atoms with Crippen LogP contribution in [0.25, 0.3) is 0 Å². The van der Waals surface area contributed by atoms with Crippen molar-refractivity contribution in [3.05, 3.63) is 24.3 Å². The van der Waals surface area contributed by atoms with Gasteiger partial charge in [-0.15, -0.1) is 0 Å². The van der Waals surface area contributed by atoms with Crippen molar-refractivity contribution in [2.75, 3.05) is 38.1 Å². The number of nitrogens with zero attached hydrogens (tertiary/aromatic N) is 2. The van der Waals surface area contributed by atoms with Gasteiger partial charge in [0.2, 0.25) is 5.91 Å². The zero-order chi connectivity index (χ0) is 17.8. The first-order valence-electron chi connectivity index (χ1n) is 8.89. The Morgan fingerprint density at radius 1 is 1.20 bits per heavy atom. The SMILES string of the molecule is CCOc1ccc(NC(=O)N2CC(N3CCC(C(N)=O)CC3)C2)cc1. The lowest BCUT2D eigenvalue weighted by Gasteiger charge is -2.47. The number of rotatable bonds is 5. The number of nitrogens with two attached hydrogens (primary N) is 1. The second-order valence-corrected chi connectivity index (χ2v) is 6.66. The van der Waals surface area contributed by atoms with Crippen LogP contribution in [0.1, 0.15) is 19.8 Å². The summed E-state index contributed by atoms with van der Waals surface area (Å²) in [5.74, 6) is 0.615. The molecule has 2 aliphatic rings. The third-order valence-electron chi connectivity index (χ3n) is 5.01. The lowest BCUT2D eigenvalue weighted by molar-refractivity contribution is -0.123. The number of anilines is 1. The molecule has 2 aliphatic heterocycles. The Hall–Kier alpha value is -2.28. The third kappa shape index (κ3) is 4.22. The average Bonchev–Trinajstić information content (AvgIpc) is 2.56. The Balaban J connectivity index is 1.42. The van der Waals surface area contributed by atoms with Gasteiger partial charge in [-0.05, 0) is 57.1 Å². The van der Waals surface area contributed by atoms with Gasteiger partial charge in [0.15, 0.2) is 0 Å². The standard InChI is InChI=1S/C18H26N4O3/c1-2-25-16-5-3-14(4-6-16)20-18(24)22-11-15(12-22)21-9-7-13(8-10-21)17(19)23/h3-6,13,15H,2,7-12H2,1H3,(H2,19,23)(H,20,24). The summed E-state index contributed by atoms with van der Waals surface area (Å²) in [6.45, 7) is 5.78. The number of carbonyl (C=O) groups is 2. The molecular formula is C18H26N4O3. The van der Waals surface area contributed by atoms with Gasteiger partial charge in [0, 0.05) is 30.7 Å². The first-order chi connectivity index (χ1) is 12.1. The van der Waals surface area contributed by atoms with E-state index in [2.05, 4.69) is 10.2 Å². The molecular weight excluding hydrogens is 320 g/mol. The third-order valence-corrected chi connectivity index (χ3v) is 5.01. The minimum absolute atomic E-state index is 0.00962. The number of amides is 3. The molecule has 136 valence electrons. The summed E-state index contributed by atoms with van der Waals surface area (Å²) in [7, 11) is 0. The molecule has 2 heterocycles. The molecule has 1 aromatic rings. The molecule has 3 N–H and O–H groups in total. The fourth-order valence-corrected chi connectivity index (χ4v) is 3.40. The summed E-state index contributed by atoms with van der Waals surface area (Å²) in [5, 5.41) is 2.91. The summed E-state index contributed by atoms with van der Waals surface area (Å²) in [6, 6.07) is 7.69. The number of carbonyl (C=O) groups excluding carboxylic acids is 2. The zero-order valence-electron chi connectivity index (χ0n) is 14.6. The van der Waals surface area contributed by atoms with E-state index in [-0.39, 0.29) is 17.9 Å². The van der Waals surface area contributed by atoms with Gasteiger partial charge in [-0.25, -0.2) is 4.79 Å². The molecule has 2 saturated heterocycles. The van der Waals surface area contributed by atoms with Gasteiger partial charge in [-0.2, -0.15) is 0 Å². The van der Waals surface area contributed by atoms with Gasteiger partial charge in [0.1, 0.15) is 5.75 Å². The molecule has 3 rings (SSSR count). The molecule has 25 heavy (non-hydrogen) atoms. The van der Waals surface area contributed by atoms with E-state index in [9.17, 15) is 9.59 Å². The molecule has 7 nitrogen and oxygen atoms in total. The molecule has 2 fully saturated rings. The van der Waals surface area contributed by atoms with Crippen LogP contribution in [-0.2, 0) is 4.79 Å². The molecule has 7 heteroatoms. The second-order valence-electron chi connectivity index (χ2n) is 6.66. The van der Waals surface area contributed by atoms with E-state index >= 15 is 0 Å². The molecule has 0 radical (unpaired) electrons. The highest BCUT2D eigenvalue weighted by Crippen LogP contribution is 2.24. The number of benzene rings is 1. The Morgan fingerprint density at radius 2 is 1.84 bits per heavy atom. The number of hydrogen-bond acceptors (Lipinski definition) is 4. The van der Waals surface area contributed by atoms with Crippen LogP contribution in [0.4, 0.5) is 10.5 Å². The lowest BCUT2D eigenvalue weighted by atomic mass is 9.94. The van der Waals surface area contributed by atoms with E-state index < -0.39 is 0 Å². The molecule has 0 unspecified atom stereocenters. The minimum Gasteiger partial charge on any atom is -0.494 e. The summed E-state index contributed by atoms with van der Waals surface area (Å²) >= 11 is 0. The Labute approximate surface area is 148 Å². The van der Waals surface area contributed by atoms with Gasteiger partial charge in [-0.1, -0.05) is 0 Å². The summed E-state index contributed by atoms with van der Waals surface area (Å²) in [5.41, 5.74) is 6.13. The van der Waals surface area contributed by atoms with Crippen LogP contribution >= 0.6 is 0 Å². The molecule has 3 amide bonds. The maximum Gasteiger partial charge on any atom is 0.321 e. The molecule has 0 atom stereocenters. The predicted molar refractivity (Wildman–Crippen MR) is 95.5 cm³/mol. The van der Waals surface area contributed by atoms with Gasteiger partial charge >= 0.3 is 6.03 Å². The van der Waals surface area contributed by atoms with E-state index in [0.29, 0.717) is 12.6 Å². The van der Waals surface area contributed by atoms with Crippen molar-refractivity contribution < 1.29 is 14.3 Å². The van der Waals surface area contributed by atoms with Crippen LogP contribution in [0, 0.1) is 5.92 Å². The smallest absolute Gasteiger partial charge is 0.321 e. The van der Waals surface area contributed by atoms with Crippen LogP contribution in [0.15, 0.2) is 24.3 Å². The Morgan fingerprint density at radius 3 is 2.40 bits per heavy atom. The molecule has 0 aromatic heterocycles. The van der Waals surface area contributed by atoms with Crippen molar-refractivity contribution in [1.29, 1.82) is 0 Å². The van der Waals surface area contributed by atoms with Crippen molar-refractivity contribution in [2.24, 2.45) is 11.7 Å². The molecule has 0 aliphatic carbocycles. The van der Waals surface area contributed by atoms with Crippen LogP contribution in [-0.4, -0.2) is 60.6 Å². The normalized spacial score (nSPS) is 19.3. The van der Waals surface area contributed by atoms with Gasteiger partial charge in [0.05, 0.1) is 6.61 Å². The Bertz CT molecular complexity index is 605. The van der Waals surface area contributed by atoms with Crippen LogP contribution in [0.5, 0.6) is 5.75 Å². The fraction of sp³-hybridized carbons (Fsp3) is 0.556. The largest absolute Gasteiger partial charge is 0.494 e. The quantitative estimate of drug-likeness (QED) is 0.846. The monoisotopic (exact) mass is 346 g/mol. The van der Waals surface area contributed by atoms with Crippen molar-refractivity contribution in [3.8, 4) is 5.75 Å². The Kier molecular flexibility index (Phi) is 5.43.